The maximum Gasteiger partial charge on any atom is 0.313 e. The van der Waals surface area contributed by atoms with Crippen molar-refractivity contribution in [1.29, 1.82) is 0 Å². The number of pyridine rings is 1. The van der Waals surface area contributed by atoms with Crippen LogP contribution in [0.4, 0.5) is 5.69 Å². The second kappa shape index (κ2) is 4.78. The number of nitrogens with zero attached hydrogens (tertiary/aromatic N) is 2. The summed E-state index contributed by atoms with van der Waals surface area (Å²) in [7, 11) is -3.87. The lowest BCUT2D eigenvalue weighted by Gasteiger charge is -2.16. The Kier molecular flexibility index (Phi) is 3.18. The molecule has 0 atom stereocenters. The summed E-state index contributed by atoms with van der Waals surface area (Å²) in [6.07, 6.45) is 3.01. The Bertz CT molecular complexity index is 725. The van der Waals surface area contributed by atoms with Gasteiger partial charge in [-0.2, -0.15) is 8.42 Å². The van der Waals surface area contributed by atoms with Crippen LogP contribution in [-0.2, 0) is 19.6 Å². The molecule has 8 nitrogen and oxygen atoms in total. The highest BCUT2D eigenvalue weighted by Crippen LogP contribution is 2.30. The summed E-state index contributed by atoms with van der Waals surface area (Å²) in [4.78, 5) is 15.5. The van der Waals surface area contributed by atoms with Crippen molar-refractivity contribution in [2.45, 2.75) is 29.8 Å². The van der Waals surface area contributed by atoms with E-state index in [0.717, 1.165) is 12.8 Å². The Labute approximate surface area is 121 Å². The minimum absolute atomic E-state index is 0.0365. The van der Waals surface area contributed by atoms with Gasteiger partial charge in [0.05, 0.1) is 5.69 Å². The Morgan fingerprint density at radius 1 is 1.48 bits per heavy atom. The zero-order chi connectivity index (χ0) is 15.1. The molecule has 1 aromatic heterocycles. The van der Waals surface area contributed by atoms with Gasteiger partial charge in [-0.25, -0.2) is 4.98 Å². The maximum atomic E-state index is 11.9. The molecule has 0 amide bonds. The number of fused-ring (bicyclic) bond motifs is 1. The average Bonchev–Trinajstić information content (AvgIpc) is 3.14. The molecule has 4 N–H and O–H groups in total. The van der Waals surface area contributed by atoms with Gasteiger partial charge in [0.1, 0.15) is 24.4 Å². The van der Waals surface area contributed by atoms with Crippen molar-refractivity contribution in [1.82, 2.24) is 4.98 Å². The molecule has 1 fully saturated rings. The fraction of sp³-hybridized carbons (Fsp3) is 0.417. The Hall–Kier alpha value is -2.00. The fourth-order valence-corrected chi connectivity index (χ4v) is 2.95. The number of rotatable bonds is 4. The molecule has 3 rings (SSSR count). The number of carbonyl (C=O) groups excluding carboxylic acids is 1. The van der Waals surface area contributed by atoms with Gasteiger partial charge in [-0.15, -0.1) is 4.40 Å². The molecule has 9 heteroatoms. The Morgan fingerprint density at radius 2 is 2.24 bits per heavy atom. The van der Waals surface area contributed by atoms with Gasteiger partial charge in [0.25, 0.3) is 0 Å². The third-order valence-corrected chi connectivity index (χ3v) is 4.61. The number of esters is 1. The van der Waals surface area contributed by atoms with Crippen LogP contribution in [0.2, 0.25) is 0 Å². The molecule has 112 valence electrons. The van der Waals surface area contributed by atoms with Gasteiger partial charge in [-0.1, -0.05) is 0 Å². The van der Waals surface area contributed by atoms with Crippen molar-refractivity contribution < 1.29 is 23.7 Å². The number of aromatic nitrogens is 1. The van der Waals surface area contributed by atoms with Gasteiger partial charge in [0.2, 0.25) is 5.03 Å². The van der Waals surface area contributed by atoms with Crippen LogP contribution in [0.25, 0.3) is 0 Å². The van der Waals surface area contributed by atoms with E-state index in [0.29, 0.717) is 5.69 Å². The molecular weight excluding hydrogens is 296 g/mol. The molecule has 0 aromatic carbocycles. The molecule has 0 saturated heterocycles. The van der Waals surface area contributed by atoms with E-state index in [9.17, 15) is 13.2 Å². The molecular formula is C12H15N4O4S+. The first-order valence-electron chi connectivity index (χ1n) is 6.45. The molecule has 0 bridgehead atoms. The number of hydrogen-bond donors (Lipinski definition) is 2. The number of sulfonamides is 1. The standard InChI is InChI=1S/C12H14N4O4S/c13-12(3-4-12)7-20-10(17)6-9-15-8-2-1-5-14-11(8)21(18,19)16-9/h1-2,5H,3-4,6-7,13H2,(H,15,16)/p+1. The molecule has 2 aliphatic rings. The molecule has 1 aliphatic carbocycles. The molecule has 1 aliphatic heterocycles. The summed E-state index contributed by atoms with van der Waals surface area (Å²) in [6, 6.07) is 3.16. The van der Waals surface area contributed by atoms with Crippen LogP contribution >= 0.6 is 0 Å². The SMILES string of the molecule is [NH3+]C1(COC(=O)CC2=NS(=O)(=O)c3ncccc3N2)CC1. The second-order valence-electron chi connectivity index (χ2n) is 5.33. The van der Waals surface area contributed by atoms with Gasteiger partial charge in [-0.05, 0) is 12.1 Å². The third kappa shape index (κ3) is 3.03. The lowest BCUT2D eigenvalue weighted by atomic mass is 10.3. The van der Waals surface area contributed by atoms with E-state index in [2.05, 4.69) is 20.4 Å². The van der Waals surface area contributed by atoms with Gasteiger partial charge in [0.15, 0.2) is 0 Å². The number of ether oxygens (including phenoxy) is 1. The van der Waals surface area contributed by atoms with Crippen LogP contribution in [-0.4, -0.2) is 37.4 Å². The summed E-state index contributed by atoms with van der Waals surface area (Å²) >= 11 is 0. The van der Waals surface area contributed by atoms with E-state index >= 15 is 0 Å². The molecule has 0 spiro atoms. The highest BCUT2D eigenvalue weighted by molar-refractivity contribution is 7.90. The van der Waals surface area contributed by atoms with Crippen molar-refractivity contribution in [3.05, 3.63) is 18.3 Å². The van der Waals surface area contributed by atoms with Crippen LogP contribution in [0.3, 0.4) is 0 Å². The molecule has 0 unspecified atom stereocenters. The number of nitrogens with one attached hydrogen (secondary N) is 1. The van der Waals surface area contributed by atoms with Crippen LogP contribution in [0.1, 0.15) is 19.3 Å². The number of anilines is 1. The zero-order valence-corrected chi connectivity index (χ0v) is 12.0. The quantitative estimate of drug-likeness (QED) is 0.708. The molecule has 1 aromatic rings. The lowest BCUT2D eigenvalue weighted by Crippen LogP contribution is -2.66. The van der Waals surface area contributed by atoms with Crippen LogP contribution < -0.4 is 11.1 Å². The van der Waals surface area contributed by atoms with Crippen molar-refractivity contribution in [3.8, 4) is 0 Å². The van der Waals surface area contributed by atoms with Crippen molar-refractivity contribution in [2.24, 2.45) is 4.40 Å². The minimum atomic E-state index is -3.87. The number of amidine groups is 1. The lowest BCUT2D eigenvalue weighted by molar-refractivity contribution is -0.443. The summed E-state index contributed by atoms with van der Waals surface area (Å²) in [5.41, 5.74) is 4.08. The van der Waals surface area contributed by atoms with Crippen LogP contribution in [0.15, 0.2) is 27.8 Å². The van der Waals surface area contributed by atoms with Gasteiger partial charge < -0.3 is 15.8 Å². The van der Waals surface area contributed by atoms with Crippen molar-refractivity contribution >= 4 is 27.5 Å². The first-order chi connectivity index (χ1) is 9.88. The summed E-state index contributed by atoms with van der Waals surface area (Å²) in [6.45, 7) is 0.254. The first-order valence-corrected chi connectivity index (χ1v) is 7.89. The summed E-state index contributed by atoms with van der Waals surface area (Å²) in [5, 5.41) is 2.65. The van der Waals surface area contributed by atoms with E-state index in [4.69, 9.17) is 4.74 Å². The summed E-state index contributed by atoms with van der Waals surface area (Å²) < 4.78 is 32.5. The molecule has 21 heavy (non-hydrogen) atoms. The maximum absolute atomic E-state index is 11.9. The Morgan fingerprint density at radius 3 is 2.95 bits per heavy atom. The van der Waals surface area contributed by atoms with Gasteiger partial charge in [0, 0.05) is 19.0 Å². The van der Waals surface area contributed by atoms with E-state index in [1.807, 2.05) is 0 Å². The zero-order valence-electron chi connectivity index (χ0n) is 11.2. The topological polar surface area (TPSA) is 125 Å². The average molecular weight is 311 g/mol. The Balaban J connectivity index is 1.69. The smallest absolute Gasteiger partial charge is 0.313 e. The summed E-state index contributed by atoms with van der Waals surface area (Å²) in [5.74, 6) is -0.492. The number of quaternary nitrogens is 1. The monoisotopic (exact) mass is 311 g/mol. The molecule has 2 heterocycles. The highest BCUT2D eigenvalue weighted by Gasteiger charge is 2.44. The van der Waals surface area contributed by atoms with Crippen LogP contribution in [0.5, 0.6) is 0 Å². The van der Waals surface area contributed by atoms with E-state index in [-0.39, 0.29) is 29.4 Å². The van der Waals surface area contributed by atoms with Gasteiger partial charge >= 0.3 is 16.0 Å². The van der Waals surface area contributed by atoms with Crippen LogP contribution in [0, 0.1) is 0 Å². The normalized spacial score (nSPS) is 20.7. The second-order valence-corrected chi connectivity index (χ2v) is 6.85. The fourth-order valence-electron chi connectivity index (χ4n) is 1.88. The predicted molar refractivity (Wildman–Crippen MR) is 72.9 cm³/mol. The first kappa shape index (κ1) is 14.0. The third-order valence-electron chi connectivity index (χ3n) is 3.33. The molecule has 1 saturated carbocycles. The van der Waals surface area contributed by atoms with E-state index in [1.165, 1.54) is 6.20 Å². The number of hydrogen-bond acceptors (Lipinski definition) is 6. The van der Waals surface area contributed by atoms with Gasteiger partial charge in [-0.3, -0.25) is 4.79 Å². The van der Waals surface area contributed by atoms with E-state index in [1.54, 1.807) is 12.1 Å². The van der Waals surface area contributed by atoms with Crippen molar-refractivity contribution in [3.63, 3.8) is 0 Å². The highest BCUT2D eigenvalue weighted by atomic mass is 32.2. The molecule has 0 radical (unpaired) electrons. The van der Waals surface area contributed by atoms with E-state index < -0.39 is 16.0 Å². The van der Waals surface area contributed by atoms with Crippen molar-refractivity contribution in [2.75, 3.05) is 11.9 Å². The predicted octanol–water partition coefficient (Wildman–Crippen LogP) is -0.698. The number of carbonyl (C=O) groups is 1. The minimum Gasteiger partial charge on any atom is -0.459 e. The largest absolute Gasteiger partial charge is 0.459 e.